The molecule has 5 aliphatic rings. The molecule has 0 spiro atoms. The molecule has 6 heteroatoms. The van der Waals surface area contributed by atoms with Gasteiger partial charge < -0.3 is 20.1 Å². The van der Waals surface area contributed by atoms with Crippen molar-refractivity contribution in [1.82, 2.24) is 0 Å². The fourth-order valence-electron chi connectivity index (χ4n) is 11.5. The number of carboxylic acid groups (broad SMARTS) is 1. The number of aliphatic hydroxyl groups excluding tert-OH is 2. The zero-order valence-electron chi connectivity index (χ0n) is 26.4. The Morgan fingerprint density at radius 1 is 0.927 bits per heavy atom. The van der Waals surface area contributed by atoms with E-state index in [4.69, 9.17) is 4.74 Å². The molecule has 3 N–H and O–H groups in total. The Morgan fingerprint density at radius 2 is 1.61 bits per heavy atom. The second-order valence-corrected chi connectivity index (χ2v) is 15.9. The number of allylic oxidation sites excluding steroid dienone is 2. The summed E-state index contributed by atoms with van der Waals surface area (Å²) in [5.41, 5.74) is 0.528. The minimum absolute atomic E-state index is 0.0404. The number of rotatable bonds is 6. The molecule has 0 aromatic carbocycles. The number of carbonyl (C=O) groups is 2. The first kappa shape index (κ1) is 31.0. The number of hydrogen-bond donors (Lipinski definition) is 3. The minimum Gasteiger partial charge on any atom is -0.481 e. The van der Waals surface area contributed by atoms with E-state index >= 15 is 0 Å². The number of hydrogen-bond acceptors (Lipinski definition) is 5. The Morgan fingerprint density at radius 3 is 2.24 bits per heavy atom. The van der Waals surface area contributed by atoms with Crippen molar-refractivity contribution in [3.63, 3.8) is 0 Å². The third kappa shape index (κ3) is 5.01. The lowest BCUT2D eigenvalue weighted by Crippen LogP contribution is -2.66. The van der Waals surface area contributed by atoms with Crippen molar-refractivity contribution < 1.29 is 29.6 Å². The molecule has 232 valence electrons. The largest absolute Gasteiger partial charge is 0.481 e. The average molecular weight is 573 g/mol. The summed E-state index contributed by atoms with van der Waals surface area (Å²) < 4.78 is 6.44. The summed E-state index contributed by atoms with van der Waals surface area (Å²) in [6.07, 6.45) is 11.0. The maximum absolute atomic E-state index is 13.5. The van der Waals surface area contributed by atoms with Crippen LogP contribution in [0.3, 0.4) is 0 Å². The molecule has 3 unspecified atom stereocenters. The van der Waals surface area contributed by atoms with Gasteiger partial charge in [-0.05, 0) is 112 Å². The van der Waals surface area contributed by atoms with Crippen molar-refractivity contribution in [1.29, 1.82) is 0 Å². The van der Waals surface area contributed by atoms with Gasteiger partial charge in [0, 0.05) is 5.92 Å². The van der Waals surface area contributed by atoms with Gasteiger partial charge in [0.25, 0.3) is 0 Å². The predicted molar refractivity (Wildman–Crippen MR) is 159 cm³/mol. The van der Waals surface area contributed by atoms with E-state index in [0.29, 0.717) is 25.2 Å². The molecule has 0 heterocycles. The SMILES string of the molecule is CC(C)=CC[C@@H](C(=O)O)[C@@H]1C2C[C@@H](O)C3[C@@]4(C)CC[C@@H](O)[C@@H](C)C4CC[C@]3(C)[C@@]2(C)C[C@@H]1OC(=O)C1CCCCC1. The quantitative estimate of drug-likeness (QED) is 0.240. The molecule has 41 heavy (non-hydrogen) atoms. The van der Waals surface area contributed by atoms with Gasteiger partial charge in [0.1, 0.15) is 6.10 Å². The zero-order chi connectivity index (χ0) is 29.9. The van der Waals surface area contributed by atoms with Crippen LogP contribution in [0.5, 0.6) is 0 Å². The van der Waals surface area contributed by atoms with E-state index in [1.807, 2.05) is 19.9 Å². The van der Waals surface area contributed by atoms with Gasteiger partial charge in [-0.3, -0.25) is 9.59 Å². The standard InChI is InChI=1S/C35H56O6/c1-20(2)12-13-23(31(38)39)29-25-18-27(37)30-33(4)16-15-26(36)21(3)24(33)14-17-34(30,5)35(25,6)19-28(29)41-32(40)22-10-8-7-9-11-22/h12,21-30,36-37H,7-11,13-19H2,1-6H3,(H,38,39)/t21-,23+,24?,25?,26+,27+,28-,29+,30?,33-,34-,35-/m0/s1. The van der Waals surface area contributed by atoms with Crippen LogP contribution < -0.4 is 0 Å². The molecule has 5 rings (SSSR count). The maximum Gasteiger partial charge on any atom is 0.309 e. The molecule has 0 aliphatic heterocycles. The predicted octanol–water partition coefficient (Wildman–Crippen LogP) is 6.77. The van der Waals surface area contributed by atoms with Crippen LogP contribution in [0.1, 0.15) is 119 Å². The average Bonchev–Trinajstić information content (AvgIpc) is 3.18. The molecule has 5 saturated carbocycles. The van der Waals surface area contributed by atoms with Crippen molar-refractivity contribution in [3.8, 4) is 0 Å². The van der Waals surface area contributed by atoms with Gasteiger partial charge in [0.05, 0.1) is 24.0 Å². The Bertz CT molecular complexity index is 1030. The molecule has 0 aromatic rings. The molecule has 5 aliphatic carbocycles. The lowest BCUT2D eigenvalue weighted by Gasteiger charge is -2.69. The van der Waals surface area contributed by atoms with Gasteiger partial charge in [-0.15, -0.1) is 0 Å². The molecule has 0 saturated heterocycles. The molecule has 0 bridgehead atoms. The highest BCUT2D eigenvalue weighted by atomic mass is 16.5. The van der Waals surface area contributed by atoms with E-state index < -0.39 is 24.1 Å². The highest BCUT2D eigenvalue weighted by molar-refractivity contribution is 5.73. The van der Waals surface area contributed by atoms with Crippen LogP contribution in [0.4, 0.5) is 0 Å². The third-order valence-corrected chi connectivity index (χ3v) is 13.7. The summed E-state index contributed by atoms with van der Waals surface area (Å²) in [6, 6.07) is 0. The van der Waals surface area contributed by atoms with Gasteiger partial charge in [-0.1, -0.05) is 58.6 Å². The van der Waals surface area contributed by atoms with Gasteiger partial charge in [0.15, 0.2) is 0 Å². The minimum atomic E-state index is -0.831. The number of aliphatic carboxylic acids is 1. The summed E-state index contributed by atoms with van der Waals surface area (Å²) in [4.78, 5) is 26.5. The first-order chi connectivity index (χ1) is 19.2. The van der Waals surface area contributed by atoms with Crippen LogP contribution in [0.25, 0.3) is 0 Å². The normalized spacial score (nSPS) is 46.9. The van der Waals surface area contributed by atoms with Crippen molar-refractivity contribution in [2.75, 3.05) is 0 Å². The fraction of sp³-hybridized carbons (Fsp3) is 0.886. The van der Waals surface area contributed by atoms with E-state index in [-0.39, 0.29) is 57.9 Å². The van der Waals surface area contributed by atoms with Crippen LogP contribution in [-0.4, -0.2) is 45.6 Å². The number of carboxylic acids is 1. The van der Waals surface area contributed by atoms with Crippen molar-refractivity contribution in [2.45, 2.75) is 137 Å². The van der Waals surface area contributed by atoms with E-state index in [2.05, 4.69) is 27.7 Å². The van der Waals surface area contributed by atoms with Gasteiger partial charge in [-0.25, -0.2) is 0 Å². The highest BCUT2D eigenvalue weighted by Crippen LogP contribution is 2.75. The lowest BCUT2D eigenvalue weighted by atomic mass is 9.36. The molecule has 6 nitrogen and oxygen atoms in total. The van der Waals surface area contributed by atoms with Crippen LogP contribution in [-0.2, 0) is 14.3 Å². The van der Waals surface area contributed by atoms with Crippen LogP contribution in [0.2, 0.25) is 0 Å². The topological polar surface area (TPSA) is 104 Å². The summed E-state index contributed by atoms with van der Waals surface area (Å²) in [6.45, 7) is 13.2. The molecular formula is C35H56O6. The Labute approximate surface area is 247 Å². The molecule has 5 fully saturated rings. The van der Waals surface area contributed by atoms with Gasteiger partial charge >= 0.3 is 11.9 Å². The molecule has 0 amide bonds. The summed E-state index contributed by atoms with van der Waals surface area (Å²) >= 11 is 0. The second kappa shape index (κ2) is 11.3. The first-order valence-corrected chi connectivity index (χ1v) is 16.7. The number of esters is 1. The smallest absolute Gasteiger partial charge is 0.309 e. The number of aliphatic hydroxyl groups is 2. The third-order valence-electron chi connectivity index (χ3n) is 13.7. The van der Waals surface area contributed by atoms with E-state index in [1.165, 1.54) is 0 Å². The Balaban J connectivity index is 1.54. The van der Waals surface area contributed by atoms with Crippen LogP contribution >= 0.6 is 0 Å². The monoisotopic (exact) mass is 572 g/mol. The second-order valence-electron chi connectivity index (χ2n) is 15.9. The number of carbonyl (C=O) groups excluding carboxylic acids is 1. The highest BCUT2D eigenvalue weighted by Gasteiger charge is 2.72. The number of ether oxygens (including phenoxy) is 1. The Kier molecular flexibility index (Phi) is 8.53. The van der Waals surface area contributed by atoms with Crippen molar-refractivity contribution >= 4 is 11.9 Å². The van der Waals surface area contributed by atoms with Crippen LogP contribution in [0, 0.1) is 57.7 Å². The summed E-state index contributed by atoms with van der Waals surface area (Å²) in [7, 11) is 0. The van der Waals surface area contributed by atoms with E-state index in [1.54, 1.807) is 0 Å². The van der Waals surface area contributed by atoms with E-state index in [9.17, 15) is 24.9 Å². The lowest BCUT2D eigenvalue weighted by molar-refractivity contribution is -0.240. The molecular weight excluding hydrogens is 516 g/mol. The summed E-state index contributed by atoms with van der Waals surface area (Å²) in [5, 5.41) is 33.4. The summed E-state index contributed by atoms with van der Waals surface area (Å²) in [5.74, 6) is -1.45. The fourth-order valence-corrected chi connectivity index (χ4v) is 11.5. The molecule has 12 atom stereocenters. The van der Waals surface area contributed by atoms with Crippen LogP contribution in [0.15, 0.2) is 11.6 Å². The van der Waals surface area contributed by atoms with E-state index in [0.717, 1.165) is 63.4 Å². The maximum atomic E-state index is 13.5. The van der Waals surface area contributed by atoms with Crippen molar-refractivity contribution in [3.05, 3.63) is 11.6 Å². The van der Waals surface area contributed by atoms with Gasteiger partial charge in [-0.2, -0.15) is 0 Å². The molecule has 0 aromatic heterocycles. The van der Waals surface area contributed by atoms with Crippen molar-refractivity contribution in [2.24, 2.45) is 57.7 Å². The first-order valence-electron chi connectivity index (χ1n) is 16.7. The number of fused-ring (bicyclic) bond motifs is 5. The zero-order valence-corrected chi connectivity index (χ0v) is 26.4. The molecule has 0 radical (unpaired) electrons. The Hall–Kier alpha value is -1.40. The van der Waals surface area contributed by atoms with Gasteiger partial charge in [0.2, 0.25) is 0 Å².